The minimum Gasteiger partial charge on any atom is -0.368 e. The van der Waals surface area contributed by atoms with Crippen LogP contribution in [-0.2, 0) is 9.59 Å². The minimum absolute atomic E-state index is 0.0454. The summed E-state index contributed by atoms with van der Waals surface area (Å²) in [4.78, 5) is 25.7. The topological polar surface area (TPSA) is 75.4 Å². The Morgan fingerprint density at radius 1 is 1.14 bits per heavy atom. The fourth-order valence-corrected chi connectivity index (χ4v) is 3.52. The number of nitrogens with two attached hydrogens (primary N) is 1. The molecule has 2 rings (SSSR count). The average Bonchev–Trinajstić information content (AvgIpc) is 3.33. The van der Waals surface area contributed by atoms with Crippen molar-refractivity contribution in [1.82, 2.24) is 10.2 Å². The molecule has 0 unspecified atom stereocenters. The van der Waals surface area contributed by atoms with Crippen molar-refractivity contribution < 1.29 is 9.59 Å². The molecule has 0 aromatic carbocycles. The Balaban J connectivity index is 1.87. The van der Waals surface area contributed by atoms with Gasteiger partial charge in [-0.3, -0.25) is 9.59 Å². The highest BCUT2D eigenvalue weighted by Crippen LogP contribution is 2.34. The first-order valence-electron chi connectivity index (χ1n) is 8.84. The van der Waals surface area contributed by atoms with E-state index in [1.807, 2.05) is 7.05 Å². The average molecular weight is 309 g/mol. The molecule has 2 fully saturated rings. The molecule has 0 aromatic heterocycles. The summed E-state index contributed by atoms with van der Waals surface area (Å²) in [6.07, 6.45) is 10.8. The fourth-order valence-electron chi connectivity index (χ4n) is 3.52. The number of primary amides is 1. The standard InChI is InChI=1S/C17H31N3O2/c1-19-15(11-14-7-8-14)17(22)20(12-16(18)21)10-9-13-5-3-2-4-6-13/h13-15,19H,2-12H2,1H3,(H2,18,21)/t15-/m0/s1. The Morgan fingerprint density at radius 2 is 1.82 bits per heavy atom. The third-order valence-corrected chi connectivity index (χ3v) is 5.10. The second kappa shape index (κ2) is 8.51. The van der Waals surface area contributed by atoms with Gasteiger partial charge in [-0.1, -0.05) is 44.9 Å². The highest BCUT2D eigenvalue weighted by Gasteiger charge is 2.31. The summed E-state index contributed by atoms with van der Waals surface area (Å²) < 4.78 is 0. The van der Waals surface area contributed by atoms with Crippen molar-refractivity contribution in [3.8, 4) is 0 Å². The predicted molar refractivity (Wildman–Crippen MR) is 87.2 cm³/mol. The number of likely N-dealkylation sites (N-methyl/N-ethyl adjacent to an activating group) is 1. The minimum atomic E-state index is -0.418. The van der Waals surface area contributed by atoms with Crippen LogP contribution in [0.3, 0.4) is 0 Å². The summed E-state index contributed by atoms with van der Waals surface area (Å²) in [5, 5.41) is 3.12. The van der Waals surface area contributed by atoms with Crippen molar-refractivity contribution in [3.05, 3.63) is 0 Å². The van der Waals surface area contributed by atoms with Crippen LogP contribution in [0.2, 0.25) is 0 Å². The van der Waals surface area contributed by atoms with Crippen molar-refractivity contribution in [3.63, 3.8) is 0 Å². The summed E-state index contributed by atoms with van der Waals surface area (Å²) in [7, 11) is 1.83. The first-order chi connectivity index (χ1) is 10.6. The molecule has 0 heterocycles. The van der Waals surface area contributed by atoms with Gasteiger partial charge < -0.3 is 16.0 Å². The van der Waals surface area contributed by atoms with E-state index in [2.05, 4.69) is 5.32 Å². The smallest absolute Gasteiger partial charge is 0.240 e. The van der Waals surface area contributed by atoms with Gasteiger partial charge >= 0.3 is 0 Å². The molecule has 3 N–H and O–H groups in total. The maximum atomic E-state index is 12.7. The normalized spacial score (nSPS) is 20.6. The third-order valence-electron chi connectivity index (χ3n) is 5.10. The number of hydrogen-bond acceptors (Lipinski definition) is 3. The Morgan fingerprint density at radius 3 is 2.36 bits per heavy atom. The molecule has 1 atom stereocenters. The van der Waals surface area contributed by atoms with E-state index in [4.69, 9.17) is 5.73 Å². The summed E-state index contributed by atoms with van der Waals surface area (Å²) in [5.74, 6) is 1.01. The molecule has 126 valence electrons. The van der Waals surface area contributed by atoms with E-state index in [1.165, 1.54) is 44.9 Å². The van der Waals surface area contributed by atoms with Crippen LogP contribution in [0.25, 0.3) is 0 Å². The highest BCUT2D eigenvalue weighted by molar-refractivity contribution is 5.86. The van der Waals surface area contributed by atoms with E-state index in [-0.39, 0.29) is 18.5 Å². The third kappa shape index (κ3) is 5.59. The van der Waals surface area contributed by atoms with E-state index in [0.29, 0.717) is 18.4 Å². The van der Waals surface area contributed by atoms with Crippen molar-refractivity contribution in [2.75, 3.05) is 20.1 Å². The molecule has 2 saturated carbocycles. The van der Waals surface area contributed by atoms with Crippen molar-refractivity contribution in [1.29, 1.82) is 0 Å². The van der Waals surface area contributed by atoms with E-state index in [9.17, 15) is 9.59 Å². The Hall–Kier alpha value is -1.10. The number of carbonyl (C=O) groups is 2. The Labute approximate surface area is 134 Å². The summed E-state index contributed by atoms with van der Waals surface area (Å²) in [6, 6.07) is -0.168. The summed E-state index contributed by atoms with van der Waals surface area (Å²) in [6.45, 7) is 0.712. The fraction of sp³-hybridized carbons (Fsp3) is 0.882. The van der Waals surface area contributed by atoms with E-state index in [1.54, 1.807) is 4.90 Å². The molecule has 2 aliphatic carbocycles. The lowest BCUT2D eigenvalue weighted by Crippen LogP contribution is -2.49. The summed E-state index contributed by atoms with van der Waals surface area (Å²) in [5.41, 5.74) is 5.34. The zero-order valence-corrected chi connectivity index (χ0v) is 13.9. The van der Waals surface area contributed by atoms with Crippen LogP contribution in [0.1, 0.15) is 57.8 Å². The molecule has 0 spiro atoms. The van der Waals surface area contributed by atoms with Gasteiger partial charge in [-0.15, -0.1) is 0 Å². The molecular formula is C17H31N3O2. The number of nitrogens with one attached hydrogen (secondary N) is 1. The van der Waals surface area contributed by atoms with Gasteiger partial charge in [0.25, 0.3) is 0 Å². The second-order valence-corrected chi connectivity index (χ2v) is 7.04. The zero-order chi connectivity index (χ0) is 15.9. The van der Waals surface area contributed by atoms with Crippen molar-refractivity contribution >= 4 is 11.8 Å². The number of amides is 2. The monoisotopic (exact) mass is 309 g/mol. The van der Waals surface area contributed by atoms with Gasteiger partial charge in [0.15, 0.2) is 0 Å². The van der Waals surface area contributed by atoms with Crippen LogP contribution in [-0.4, -0.2) is 42.9 Å². The molecule has 5 heteroatoms. The SMILES string of the molecule is CN[C@@H](CC1CC1)C(=O)N(CCC1CCCCC1)CC(N)=O. The quantitative estimate of drug-likeness (QED) is 0.680. The first-order valence-corrected chi connectivity index (χ1v) is 8.84. The molecule has 0 aliphatic heterocycles. The van der Waals surface area contributed by atoms with E-state index >= 15 is 0 Å². The lowest BCUT2D eigenvalue weighted by Gasteiger charge is -2.29. The predicted octanol–water partition coefficient (Wildman–Crippen LogP) is 1.66. The molecule has 0 aromatic rings. The zero-order valence-electron chi connectivity index (χ0n) is 13.9. The van der Waals surface area contributed by atoms with Gasteiger partial charge in [-0.25, -0.2) is 0 Å². The molecule has 22 heavy (non-hydrogen) atoms. The number of hydrogen-bond donors (Lipinski definition) is 2. The molecule has 0 bridgehead atoms. The van der Waals surface area contributed by atoms with Crippen LogP contribution >= 0.6 is 0 Å². The second-order valence-electron chi connectivity index (χ2n) is 7.04. The van der Waals surface area contributed by atoms with Gasteiger partial charge in [0.2, 0.25) is 11.8 Å². The highest BCUT2D eigenvalue weighted by atomic mass is 16.2. The molecular weight excluding hydrogens is 278 g/mol. The molecule has 5 nitrogen and oxygen atoms in total. The first kappa shape index (κ1) is 17.3. The van der Waals surface area contributed by atoms with Gasteiger partial charge in [0.1, 0.15) is 0 Å². The number of rotatable bonds is 9. The lowest BCUT2D eigenvalue weighted by atomic mass is 9.87. The molecule has 2 amide bonds. The van der Waals surface area contributed by atoms with Gasteiger partial charge in [0.05, 0.1) is 12.6 Å². The van der Waals surface area contributed by atoms with Crippen LogP contribution in [0.15, 0.2) is 0 Å². The largest absolute Gasteiger partial charge is 0.368 e. The number of nitrogens with zero attached hydrogens (tertiary/aromatic N) is 1. The van der Waals surface area contributed by atoms with Gasteiger partial charge in [-0.05, 0) is 31.7 Å². The van der Waals surface area contributed by atoms with Crippen molar-refractivity contribution in [2.45, 2.75) is 63.8 Å². The van der Waals surface area contributed by atoms with Crippen LogP contribution in [0.5, 0.6) is 0 Å². The Bertz CT molecular complexity index is 376. The van der Waals surface area contributed by atoms with Crippen LogP contribution < -0.4 is 11.1 Å². The lowest BCUT2D eigenvalue weighted by molar-refractivity contribution is -0.137. The molecule has 2 aliphatic rings. The van der Waals surface area contributed by atoms with E-state index in [0.717, 1.165) is 12.8 Å². The molecule has 0 radical (unpaired) electrons. The van der Waals surface area contributed by atoms with Crippen LogP contribution in [0, 0.1) is 11.8 Å². The van der Waals surface area contributed by atoms with Gasteiger partial charge in [0, 0.05) is 6.54 Å². The maximum absolute atomic E-state index is 12.7. The number of carbonyl (C=O) groups excluding carboxylic acids is 2. The summed E-state index contributed by atoms with van der Waals surface area (Å²) >= 11 is 0. The van der Waals surface area contributed by atoms with Crippen LogP contribution in [0.4, 0.5) is 0 Å². The van der Waals surface area contributed by atoms with Crippen molar-refractivity contribution in [2.24, 2.45) is 17.6 Å². The van der Waals surface area contributed by atoms with E-state index < -0.39 is 5.91 Å². The Kier molecular flexibility index (Phi) is 6.68. The van der Waals surface area contributed by atoms with Gasteiger partial charge in [-0.2, -0.15) is 0 Å². The maximum Gasteiger partial charge on any atom is 0.240 e. The molecule has 0 saturated heterocycles.